The highest BCUT2D eigenvalue weighted by atomic mass is 16.5. The van der Waals surface area contributed by atoms with Crippen LogP contribution in [-0.2, 0) is 16.0 Å². The molecule has 34 heavy (non-hydrogen) atoms. The summed E-state index contributed by atoms with van der Waals surface area (Å²) in [5.74, 6) is -0.716. The Kier molecular flexibility index (Phi) is 5.88. The van der Waals surface area contributed by atoms with Gasteiger partial charge in [0, 0.05) is 17.5 Å². The van der Waals surface area contributed by atoms with Crippen LogP contribution in [0.5, 0.6) is 11.5 Å². The number of phenolic OH excluding ortho intramolecular Hbond substituents is 2. The highest BCUT2D eigenvalue weighted by Gasteiger charge is 2.23. The van der Waals surface area contributed by atoms with Crippen LogP contribution in [0.25, 0.3) is 21.5 Å². The first-order chi connectivity index (χ1) is 16.6. The van der Waals surface area contributed by atoms with Gasteiger partial charge in [0.25, 0.3) is 0 Å². The Morgan fingerprint density at radius 1 is 0.676 bits per heavy atom. The standard InChI is InChI=1S/C30H24O4/c31-27-17-15-20(19-28(27)32)16-18-29(33)34-30(25-13-5-9-21-7-1-3-11-23(21)25)26-14-6-10-22-8-2-4-12-24(22)26/h1-15,17,19,30-32H,16,18H2. The molecule has 0 spiro atoms. The molecule has 4 nitrogen and oxygen atoms in total. The van der Waals surface area contributed by atoms with Gasteiger partial charge in [-0.25, -0.2) is 0 Å². The number of carbonyl (C=O) groups is 1. The molecule has 0 atom stereocenters. The second-order valence-electron chi connectivity index (χ2n) is 8.33. The predicted octanol–water partition coefficient (Wildman–Crippen LogP) is 6.67. The van der Waals surface area contributed by atoms with E-state index in [9.17, 15) is 15.0 Å². The van der Waals surface area contributed by atoms with Crippen molar-refractivity contribution in [3.8, 4) is 11.5 Å². The molecule has 0 aromatic heterocycles. The van der Waals surface area contributed by atoms with E-state index in [0.29, 0.717) is 6.42 Å². The molecule has 0 aliphatic heterocycles. The number of rotatable bonds is 6. The molecule has 168 valence electrons. The number of esters is 1. The van der Waals surface area contributed by atoms with Crippen LogP contribution in [0.1, 0.15) is 29.2 Å². The van der Waals surface area contributed by atoms with E-state index in [1.54, 1.807) is 6.07 Å². The van der Waals surface area contributed by atoms with Gasteiger partial charge < -0.3 is 14.9 Å². The van der Waals surface area contributed by atoms with Gasteiger partial charge in [-0.2, -0.15) is 0 Å². The molecule has 5 aromatic rings. The summed E-state index contributed by atoms with van der Waals surface area (Å²) in [5.41, 5.74) is 2.62. The van der Waals surface area contributed by atoms with Gasteiger partial charge in [-0.3, -0.25) is 4.79 Å². The Bertz CT molecular complexity index is 1400. The zero-order valence-electron chi connectivity index (χ0n) is 18.5. The van der Waals surface area contributed by atoms with Crippen LogP contribution in [-0.4, -0.2) is 16.2 Å². The molecular formula is C30H24O4. The Labute approximate surface area is 197 Å². The average Bonchev–Trinajstić information content (AvgIpc) is 2.87. The maximum absolute atomic E-state index is 13.1. The van der Waals surface area contributed by atoms with Gasteiger partial charge in [0.05, 0.1) is 0 Å². The third-order valence-electron chi connectivity index (χ3n) is 6.12. The lowest BCUT2D eigenvalue weighted by Gasteiger charge is -2.22. The fourth-order valence-electron chi connectivity index (χ4n) is 4.41. The second kappa shape index (κ2) is 9.28. The zero-order chi connectivity index (χ0) is 23.5. The number of hydrogen-bond acceptors (Lipinski definition) is 4. The average molecular weight is 449 g/mol. The molecule has 0 unspecified atom stereocenters. The summed E-state index contributed by atoms with van der Waals surface area (Å²) in [5, 5.41) is 23.5. The minimum absolute atomic E-state index is 0.149. The molecule has 0 radical (unpaired) electrons. The van der Waals surface area contributed by atoms with Crippen molar-refractivity contribution in [1.29, 1.82) is 0 Å². The van der Waals surface area contributed by atoms with Gasteiger partial charge in [-0.15, -0.1) is 0 Å². The third kappa shape index (κ3) is 4.30. The van der Waals surface area contributed by atoms with Crippen molar-refractivity contribution in [2.75, 3.05) is 0 Å². The summed E-state index contributed by atoms with van der Waals surface area (Å²) in [6, 6.07) is 32.9. The van der Waals surface area contributed by atoms with Crippen molar-refractivity contribution in [3.63, 3.8) is 0 Å². The Balaban J connectivity index is 1.52. The van der Waals surface area contributed by atoms with Crippen LogP contribution in [0.4, 0.5) is 0 Å². The topological polar surface area (TPSA) is 66.8 Å². The summed E-state index contributed by atoms with van der Waals surface area (Å²) < 4.78 is 6.16. The van der Waals surface area contributed by atoms with E-state index in [0.717, 1.165) is 38.2 Å². The molecule has 0 amide bonds. The number of benzene rings is 5. The predicted molar refractivity (Wildman–Crippen MR) is 134 cm³/mol. The third-order valence-corrected chi connectivity index (χ3v) is 6.12. The summed E-state index contributed by atoms with van der Waals surface area (Å²) in [6.45, 7) is 0. The minimum Gasteiger partial charge on any atom is -0.504 e. The number of ether oxygens (including phenoxy) is 1. The molecule has 0 aliphatic rings. The van der Waals surface area contributed by atoms with Gasteiger partial charge >= 0.3 is 5.97 Å². The van der Waals surface area contributed by atoms with Crippen LogP contribution < -0.4 is 0 Å². The van der Waals surface area contributed by atoms with E-state index in [1.165, 1.54) is 12.1 Å². The molecule has 4 heteroatoms. The first kappa shape index (κ1) is 21.5. The SMILES string of the molecule is O=C(CCc1ccc(O)c(O)c1)OC(c1cccc2ccccc12)c1cccc2ccccc12. The number of fused-ring (bicyclic) bond motifs is 2. The second-order valence-corrected chi connectivity index (χ2v) is 8.33. The Morgan fingerprint density at radius 3 is 1.82 bits per heavy atom. The molecular weight excluding hydrogens is 424 g/mol. The maximum atomic E-state index is 13.1. The zero-order valence-corrected chi connectivity index (χ0v) is 18.5. The normalized spacial score (nSPS) is 11.2. The smallest absolute Gasteiger partial charge is 0.307 e. The highest BCUT2D eigenvalue weighted by molar-refractivity contribution is 5.90. The lowest BCUT2D eigenvalue weighted by atomic mass is 9.92. The monoisotopic (exact) mass is 448 g/mol. The van der Waals surface area contributed by atoms with Crippen LogP contribution in [0.15, 0.2) is 103 Å². The van der Waals surface area contributed by atoms with Crippen molar-refractivity contribution in [2.24, 2.45) is 0 Å². The van der Waals surface area contributed by atoms with Crippen molar-refractivity contribution in [3.05, 3.63) is 120 Å². The first-order valence-electron chi connectivity index (χ1n) is 11.3. The van der Waals surface area contributed by atoms with Crippen molar-refractivity contribution in [2.45, 2.75) is 18.9 Å². The summed E-state index contributed by atoms with van der Waals surface area (Å²) in [4.78, 5) is 13.1. The molecule has 0 fully saturated rings. The number of hydrogen-bond donors (Lipinski definition) is 2. The van der Waals surface area contributed by atoms with E-state index in [4.69, 9.17) is 4.74 Å². The molecule has 5 rings (SSSR count). The van der Waals surface area contributed by atoms with E-state index in [-0.39, 0.29) is 23.9 Å². The van der Waals surface area contributed by atoms with Crippen molar-refractivity contribution < 1.29 is 19.7 Å². The van der Waals surface area contributed by atoms with Crippen LogP contribution >= 0.6 is 0 Å². The Morgan fingerprint density at radius 2 is 1.24 bits per heavy atom. The van der Waals surface area contributed by atoms with Crippen molar-refractivity contribution >= 4 is 27.5 Å². The number of aryl methyl sites for hydroxylation is 1. The molecule has 0 bridgehead atoms. The molecule has 2 N–H and O–H groups in total. The van der Waals surface area contributed by atoms with E-state index in [1.807, 2.05) is 48.5 Å². The maximum Gasteiger partial charge on any atom is 0.307 e. The van der Waals surface area contributed by atoms with E-state index >= 15 is 0 Å². The molecule has 0 saturated carbocycles. The minimum atomic E-state index is -0.571. The van der Waals surface area contributed by atoms with Crippen LogP contribution in [0.2, 0.25) is 0 Å². The molecule has 5 aromatic carbocycles. The van der Waals surface area contributed by atoms with Gasteiger partial charge in [0.1, 0.15) is 0 Å². The molecule has 0 aliphatic carbocycles. The van der Waals surface area contributed by atoms with Crippen LogP contribution in [0.3, 0.4) is 0 Å². The fraction of sp³-hybridized carbons (Fsp3) is 0.100. The quantitative estimate of drug-likeness (QED) is 0.225. The highest BCUT2D eigenvalue weighted by Crippen LogP contribution is 2.36. The largest absolute Gasteiger partial charge is 0.504 e. The number of carbonyl (C=O) groups excluding carboxylic acids is 1. The van der Waals surface area contributed by atoms with Gasteiger partial charge in [-0.1, -0.05) is 91.0 Å². The number of phenols is 2. The van der Waals surface area contributed by atoms with Crippen molar-refractivity contribution in [1.82, 2.24) is 0 Å². The lowest BCUT2D eigenvalue weighted by molar-refractivity contribution is -0.147. The first-order valence-corrected chi connectivity index (χ1v) is 11.3. The number of aromatic hydroxyl groups is 2. The lowest BCUT2D eigenvalue weighted by Crippen LogP contribution is -2.14. The summed E-state index contributed by atoms with van der Waals surface area (Å²) in [7, 11) is 0. The summed E-state index contributed by atoms with van der Waals surface area (Å²) in [6.07, 6.45) is -0.0290. The summed E-state index contributed by atoms with van der Waals surface area (Å²) >= 11 is 0. The van der Waals surface area contributed by atoms with Gasteiger partial charge in [-0.05, 0) is 45.7 Å². The van der Waals surface area contributed by atoms with E-state index < -0.39 is 6.10 Å². The van der Waals surface area contributed by atoms with E-state index in [2.05, 4.69) is 36.4 Å². The fourth-order valence-corrected chi connectivity index (χ4v) is 4.41. The Hall–Kier alpha value is -4.31. The van der Waals surface area contributed by atoms with Crippen LogP contribution in [0, 0.1) is 0 Å². The molecule has 0 heterocycles. The van der Waals surface area contributed by atoms with Gasteiger partial charge in [0.15, 0.2) is 17.6 Å². The molecule has 0 saturated heterocycles. The van der Waals surface area contributed by atoms with Gasteiger partial charge in [0.2, 0.25) is 0 Å².